The van der Waals surface area contributed by atoms with Crippen molar-refractivity contribution in [3.05, 3.63) is 94.5 Å². The highest BCUT2D eigenvalue weighted by molar-refractivity contribution is 9.14. The number of nitrogens with two attached hydrogens (primary N) is 1. The average Bonchev–Trinajstić information content (AvgIpc) is 3.26. The van der Waals surface area contributed by atoms with Gasteiger partial charge in [-0.25, -0.2) is 5.43 Å². The highest BCUT2D eigenvalue weighted by Gasteiger charge is 2.17. The first-order chi connectivity index (χ1) is 16.5. The number of amides is 1. The summed E-state index contributed by atoms with van der Waals surface area (Å²) in [6.45, 7) is 0.856. The molecule has 34 heavy (non-hydrogen) atoms. The Bertz CT molecular complexity index is 1550. The molecule has 1 aliphatic carbocycles. The van der Waals surface area contributed by atoms with Crippen molar-refractivity contribution in [2.45, 2.75) is 13.0 Å². The van der Waals surface area contributed by atoms with Gasteiger partial charge in [-0.15, -0.1) is 0 Å². The fraction of sp³-hybridized carbons (Fsp3) is 0.111. The number of aromatic hydroxyl groups is 1. The number of hydrogen-bond donors (Lipinski definition) is 3. The first kappa shape index (κ1) is 22.0. The summed E-state index contributed by atoms with van der Waals surface area (Å²) in [5.41, 5.74) is 10.7. The number of phenols is 1. The molecule has 4 N–H and O–H groups in total. The normalized spacial score (nSPS) is 15.3. The van der Waals surface area contributed by atoms with Crippen LogP contribution in [0.25, 0.3) is 21.5 Å². The van der Waals surface area contributed by atoms with Gasteiger partial charge in [0.2, 0.25) is 0 Å². The van der Waals surface area contributed by atoms with Crippen LogP contribution in [0.5, 0.6) is 5.75 Å². The molecular weight excluding hydrogens is 492 g/mol. The van der Waals surface area contributed by atoms with Crippen LogP contribution >= 0.6 is 15.9 Å². The van der Waals surface area contributed by atoms with E-state index in [0.717, 1.165) is 29.4 Å². The van der Waals surface area contributed by atoms with Crippen molar-refractivity contribution in [1.29, 1.82) is 0 Å². The zero-order valence-electron chi connectivity index (χ0n) is 18.3. The lowest BCUT2D eigenvalue weighted by Crippen LogP contribution is -2.32. The van der Waals surface area contributed by atoms with Gasteiger partial charge in [0.05, 0.1) is 11.9 Å². The Labute approximate surface area is 204 Å². The van der Waals surface area contributed by atoms with Crippen molar-refractivity contribution < 1.29 is 9.90 Å². The van der Waals surface area contributed by atoms with E-state index in [4.69, 9.17) is 5.73 Å². The number of hydrogen-bond acceptors (Lipinski definition) is 4. The minimum atomic E-state index is -0.401. The van der Waals surface area contributed by atoms with Gasteiger partial charge in [-0.05, 0) is 47.2 Å². The number of halogens is 1. The fourth-order valence-corrected chi connectivity index (χ4v) is 5.01. The summed E-state index contributed by atoms with van der Waals surface area (Å²) in [6.07, 6.45) is 7.02. The van der Waals surface area contributed by atoms with Gasteiger partial charge in [0.25, 0.3) is 5.91 Å². The smallest absolute Gasteiger partial charge is 0.271 e. The number of fused-ring (bicyclic) bond motifs is 2. The summed E-state index contributed by atoms with van der Waals surface area (Å²) in [7, 11) is 0. The molecule has 0 spiro atoms. The third-order valence-electron chi connectivity index (χ3n) is 6.12. The molecule has 0 aliphatic heterocycles. The van der Waals surface area contributed by atoms with Crippen LogP contribution in [0.2, 0.25) is 0 Å². The summed E-state index contributed by atoms with van der Waals surface area (Å²) in [5.74, 6) is -0.0991. The molecule has 0 fully saturated rings. The molecule has 1 heterocycles. The average molecular weight is 515 g/mol. The first-order valence-corrected chi connectivity index (χ1v) is 11.8. The summed E-state index contributed by atoms with van der Waals surface area (Å²) in [4.78, 5) is 12.3. The largest absolute Gasteiger partial charge is 0.506 e. The molecule has 1 aliphatic rings. The first-order valence-electron chi connectivity index (χ1n) is 11.0. The molecule has 1 unspecified atom stereocenters. The number of nitrogens with zero attached hydrogens (tertiary/aromatic N) is 2. The number of rotatable bonds is 5. The molecule has 4 aromatic rings. The highest BCUT2D eigenvalue weighted by atomic mass is 79.9. The molecule has 1 aromatic heterocycles. The molecule has 0 saturated heterocycles. The van der Waals surface area contributed by atoms with Gasteiger partial charge < -0.3 is 15.4 Å². The molecule has 1 atom stereocenters. The van der Waals surface area contributed by atoms with Crippen molar-refractivity contribution in [2.24, 2.45) is 11.0 Å². The monoisotopic (exact) mass is 514 g/mol. The quantitative estimate of drug-likeness (QED) is 0.164. The lowest BCUT2D eigenvalue weighted by atomic mass is 9.97. The molecule has 7 heteroatoms. The second kappa shape index (κ2) is 9.19. The topological polar surface area (TPSA) is 92.6 Å². The molecule has 1 amide bonds. The maximum absolute atomic E-state index is 12.3. The molecule has 0 bridgehead atoms. The lowest BCUT2D eigenvalue weighted by molar-refractivity contribution is 0.0955. The SMILES string of the molecule is Nc1cc(C(=O)N/N=C/c2cccc3c2ccn3CC2CC=c3ccccc3=C2Br)ccc1O. The Morgan fingerprint density at radius 3 is 2.88 bits per heavy atom. The van der Waals surface area contributed by atoms with E-state index in [0.29, 0.717) is 11.5 Å². The maximum Gasteiger partial charge on any atom is 0.271 e. The van der Waals surface area contributed by atoms with E-state index < -0.39 is 5.91 Å². The Kier molecular flexibility index (Phi) is 5.94. The van der Waals surface area contributed by atoms with E-state index >= 15 is 0 Å². The van der Waals surface area contributed by atoms with E-state index in [-0.39, 0.29) is 11.4 Å². The van der Waals surface area contributed by atoms with Crippen LogP contribution < -0.4 is 21.6 Å². The zero-order valence-corrected chi connectivity index (χ0v) is 19.9. The van der Waals surface area contributed by atoms with Crippen LogP contribution in [-0.4, -0.2) is 21.8 Å². The van der Waals surface area contributed by atoms with Crippen LogP contribution in [0.3, 0.4) is 0 Å². The Morgan fingerprint density at radius 1 is 1.18 bits per heavy atom. The Balaban J connectivity index is 1.35. The molecule has 0 radical (unpaired) electrons. The number of nitrogens with one attached hydrogen (secondary N) is 1. The number of anilines is 1. The highest BCUT2D eigenvalue weighted by Crippen LogP contribution is 2.28. The third-order valence-corrected chi connectivity index (χ3v) is 7.20. The van der Waals surface area contributed by atoms with Gasteiger partial charge in [0.1, 0.15) is 5.75 Å². The number of carbonyl (C=O) groups excluding carboxylic acids is 1. The number of hydrazone groups is 1. The van der Waals surface area contributed by atoms with Crippen LogP contribution in [-0.2, 0) is 6.54 Å². The van der Waals surface area contributed by atoms with Crippen LogP contribution in [0, 0.1) is 5.92 Å². The van der Waals surface area contributed by atoms with Crippen molar-refractivity contribution in [3.63, 3.8) is 0 Å². The molecule has 5 rings (SSSR count). The molecule has 0 saturated carbocycles. The van der Waals surface area contributed by atoms with Gasteiger partial charge in [0.15, 0.2) is 0 Å². The fourth-order valence-electron chi connectivity index (χ4n) is 4.32. The van der Waals surface area contributed by atoms with Crippen LogP contribution in [0.15, 0.2) is 78.0 Å². The van der Waals surface area contributed by atoms with E-state index in [2.05, 4.69) is 79.7 Å². The zero-order chi connectivity index (χ0) is 23.7. The van der Waals surface area contributed by atoms with Gasteiger partial charge >= 0.3 is 0 Å². The maximum atomic E-state index is 12.3. The lowest BCUT2D eigenvalue weighted by Gasteiger charge is -2.20. The Morgan fingerprint density at radius 2 is 2.03 bits per heavy atom. The van der Waals surface area contributed by atoms with Gasteiger partial charge in [-0.1, -0.05) is 58.4 Å². The summed E-state index contributed by atoms with van der Waals surface area (Å²) in [6, 6.07) is 20.9. The molecule has 6 nitrogen and oxygen atoms in total. The number of phenolic OH excluding ortho intramolecular Hbond substituents is 1. The van der Waals surface area contributed by atoms with E-state index in [9.17, 15) is 9.90 Å². The van der Waals surface area contributed by atoms with Crippen LogP contribution in [0.1, 0.15) is 22.3 Å². The predicted octanol–water partition coefficient (Wildman–Crippen LogP) is 3.70. The van der Waals surface area contributed by atoms with Crippen molar-refractivity contribution in [1.82, 2.24) is 9.99 Å². The minimum absolute atomic E-state index is 0.0591. The summed E-state index contributed by atoms with van der Waals surface area (Å²) < 4.78 is 3.50. The van der Waals surface area contributed by atoms with Gasteiger partial charge in [0, 0.05) is 45.2 Å². The summed E-state index contributed by atoms with van der Waals surface area (Å²) in [5, 5.41) is 17.2. The van der Waals surface area contributed by atoms with E-state index in [1.54, 1.807) is 6.21 Å². The van der Waals surface area contributed by atoms with Crippen molar-refractivity contribution in [3.8, 4) is 5.75 Å². The van der Waals surface area contributed by atoms with Gasteiger partial charge in [-0.3, -0.25) is 4.79 Å². The number of aromatic nitrogens is 1. The predicted molar refractivity (Wildman–Crippen MR) is 140 cm³/mol. The summed E-state index contributed by atoms with van der Waals surface area (Å²) >= 11 is 3.85. The second-order valence-corrected chi connectivity index (χ2v) is 9.15. The van der Waals surface area contributed by atoms with E-state index in [1.165, 1.54) is 33.1 Å². The molecule has 170 valence electrons. The minimum Gasteiger partial charge on any atom is -0.506 e. The molecule has 3 aromatic carbocycles. The number of nitrogen functional groups attached to an aromatic ring is 1. The number of benzene rings is 3. The van der Waals surface area contributed by atoms with Crippen molar-refractivity contribution >= 4 is 55.2 Å². The van der Waals surface area contributed by atoms with E-state index in [1.807, 2.05) is 12.1 Å². The third kappa shape index (κ3) is 4.22. The standard InChI is InChI=1S/C27H23BrN4O2/c28-26-20(9-8-17-4-1-2-6-22(17)26)16-32-13-12-21-19(5-3-7-24(21)32)15-30-31-27(34)18-10-11-25(33)23(29)14-18/h1-8,10-15,20,33H,9,16,29H2,(H,31,34)/b30-15+. The molecular formula is C27H23BrN4O2. The van der Waals surface area contributed by atoms with Crippen molar-refractivity contribution in [2.75, 3.05) is 5.73 Å². The second-order valence-electron chi connectivity index (χ2n) is 8.29. The van der Waals surface area contributed by atoms with Gasteiger partial charge in [-0.2, -0.15) is 5.10 Å². The van der Waals surface area contributed by atoms with Crippen LogP contribution in [0.4, 0.5) is 5.69 Å². The Hall–Kier alpha value is -3.84. The number of carbonyl (C=O) groups is 1.